The highest BCUT2D eigenvalue weighted by Gasteiger charge is 2.15. The normalized spacial score (nSPS) is 10.9. The van der Waals surface area contributed by atoms with E-state index in [0.29, 0.717) is 35.3 Å². The smallest absolute Gasteiger partial charge is 0.262 e. The molecule has 0 unspecified atom stereocenters. The van der Waals surface area contributed by atoms with Crippen LogP contribution in [0.5, 0.6) is 17.2 Å². The molecule has 6 nitrogen and oxygen atoms in total. The van der Waals surface area contributed by atoms with Gasteiger partial charge in [-0.15, -0.1) is 0 Å². The Hall–Kier alpha value is -3.95. The van der Waals surface area contributed by atoms with Crippen LogP contribution in [-0.2, 0) is 17.9 Å². The summed E-state index contributed by atoms with van der Waals surface area (Å²) in [6.45, 7) is 4.88. The molecule has 0 heterocycles. The minimum Gasteiger partial charge on any atom is -0.497 e. The zero-order chi connectivity index (χ0) is 25.2. The second kappa shape index (κ2) is 12.5. The Kier molecular flexibility index (Phi) is 9.16. The van der Waals surface area contributed by atoms with E-state index in [1.807, 2.05) is 68.4 Å². The predicted molar refractivity (Wildman–Crippen MR) is 137 cm³/mol. The molecule has 1 amide bonds. The third kappa shape index (κ3) is 7.26. The SMILES string of the molecule is CCOc1cc(/C=C(/C#N)C(=O)NCc2ccc(OC)cc2)cc(Cl)c1OCc1cccc(C)c1. The van der Waals surface area contributed by atoms with Crippen LogP contribution >= 0.6 is 11.6 Å². The van der Waals surface area contributed by atoms with Crippen molar-refractivity contribution in [2.45, 2.75) is 27.0 Å². The average molecular weight is 491 g/mol. The number of benzene rings is 3. The highest BCUT2D eigenvalue weighted by molar-refractivity contribution is 6.32. The molecule has 3 aromatic rings. The summed E-state index contributed by atoms with van der Waals surface area (Å²) >= 11 is 6.51. The first-order chi connectivity index (χ1) is 16.9. The van der Waals surface area contributed by atoms with E-state index in [4.69, 9.17) is 25.8 Å². The molecule has 0 saturated carbocycles. The average Bonchev–Trinajstić information content (AvgIpc) is 2.86. The van der Waals surface area contributed by atoms with E-state index in [9.17, 15) is 10.1 Å². The molecular formula is C28H27ClN2O4. The van der Waals surface area contributed by atoms with E-state index in [1.165, 1.54) is 6.08 Å². The first-order valence-electron chi connectivity index (χ1n) is 11.1. The van der Waals surface area contributed by atoms with Crippen LogP contribution in [0.2, 0.25) is 5.02 Å². The summed E-state index contributed by atoms with van der Waals surface area (Å²) in [5.41, 5.74) is 3.53. The first-order valence-corrected chi connectivity index (χ1v) is 11.5. The third-order valence-electron chi connectivity index (χ3n) is 5.09. The molecule has 0 saturated heterocycles. The van der Waals surface area contributed by atoms with Gasteiger partial charge in [-0.2, -0.15) is 5.26 Å². The van der Waals surface area contributed by atoms with Crippen molar-refractivity contribution in [3.05, 3.63) is 93.5 Å². The lowest BCUT2D eigenvalue weighted by Crippen LogP contribution is -2.23. The minimum atomic E-state index is -0.489. The van der Waals surface area contributed by atoms with Gasteiger partial charge in [0.05, 0.1) is 18.7 Å². The molecule has 0 radical (unpaired) electrons. The fraction of sp³-hybridized carbons (Fsp3) is 0.214. The van der Waals surface area contributed by atoms with E-state index in [2.05, 4.69) is 5.32 Å². The summed E-state index contributed by atoms with van der Waals surface area (Å²) in [4.78, 5) is 12.6. The topological polar surface area (TPSA) is 80.6 Å². The zero-order valence-corrected chi connectivity index (χ0v) is 20.7. The number of methoxy groups -OCH3 is 1. The number of hydrogen-bond acceptors (Lipinski definition) is 5. The van der Waals surface area contributed by atoms with Crippen LogP contribution in [0.25, 0.3) is 6.08 Å². The van der Waals surface area contributed by atoms with Gasteiger partial charge >= 0.3 is 0 Å². The number of nitrogens with one attached hydrogen (secondary N) is 1. The highest BCUT2D eigenvalue weighted by Crippen LogP contribution is 2.38. The number of nitriles is 1. The Morgan fingerprint density at radius 2 is 1.86 bits per heavy atom. The van der Waals surface area contributed by atoms with Crippen LogP contribution in [0.4, 0.5) is 0 Å². The van der Waals surface area contributed by atoms with Crippen molar-refractivity contribution < 1.29 is 19.0 Å². The molecule has 0 aliphatic heterocycles. The molecule has 35 heavy (non-hydrogen) atoms. The van der Waals surface area contributed by atoms with Crippen molar-refractivity contribution in [2.75, 3.05) is 13.7 Å². The lowest BCUT2D eigenvalue weighted by atomic mass is 10.1. The molecule has 1 N–H and O–H groups in total. The highest BCUT2D eigenvalue weighted by atomic mass is 35.5. The number of carbonyl (C=O) groups is 1. The Labute approximate surface area is 210 Å². The predicted octanol–water partition coefficient (Wildman–Crippen LogP) is 5.86. The van der Waals surface area contributed by atoms with Crippen LogP contribution in [0.1, 0.15) is 29.2 Å². The zero-order valence-electron chi connectivity index (χ0n) is 19.9. The van der Waals surface area contributed by atoms with Gasteiger partial charge in [-0.1, -0.05) is 53.6 Å². The molecule has 0 atom stereocenters. The van der Waals surface area contributed by atoms with Gasteiger partial charge in [0.25, 0.3) is 5.91 Å². The van der Waals surface area contributed by atoms with E-state index in [-0.39, 0.29) is 12.1 Å². The largest absolute Gasteiger partial charge is 0.497 e. The van der Waals surface area contributed by atoms with Crippen LogP contribution in [0.15, 0.2) is 66.2 Å². The standard InChI is InChI=1S/C28H27ClN2O4/c1-4-34-26-15-22(14-25(29)27(26)35-18-21-7-5-6-19(2)12-21)13-23(16-30)28(32)31-17-20-8-10-24(33-3)11-9-20/h5-15H,4,17-18H2,1-3H3,(H,31,32)/b23-13-. The van der Waals surface area contributed by atoms with Crippen LogP contribution in [-0.4, -0.2) is 19.6 Å². The summed E-state index contributed by atoms with van der Waals surface area (Å²) in [6.07, 6.45) is 1.47. The quantitative estimate of drug-likeness (QED) is 0.284. The van der Waals surface area contributed by atoms with Crippen molar-refractivity contribution in [2.24, 2.45) is 0 Å². The number of amides is 1. The van der Waals surface area contributed by atoms with Crippen molar-refractivity contribution >= 4 is 23.6 Å². The van der Waals surface area contributed by atoms with Crippen LogP contribution in [0.3, 0.4) is 0 Å². The van der Waals surface area contributed by atoms with Crippen LogP contribution < -0.4 is 19.5 Å². The van der Waals surface area contributed by atoms with Gasteiger partial charge < -0.3 is 19.5 Å². The third-order valence-corrected chi connectivity index (χ3v) is 5.37. The van der Waals surface area contributed by atoms with Gasteiger partial charge in [0, 0.05) is 6.54 Å². The van der Waals surface area contributed by atoms with E-state index in [1.54, 1.807) is 19.2 Å². The van der Waals surface area contributed by atoms with Gasteiger partial charge in [0.15, 0.2) is 11.5 Å². The summed E-state index contributed by atoms with van der Waals surface area (Å²) in [6, 6.07) is 20.6. The number of hydrogen-bond donors (Lipinski definition) is 1. The maximum atomic E-state index is 12.6. The summed E-state index contributed by atoms with van der Waals surface area (Å²) in [7, 11) is 1.59. The van der Waals surface area contributed by atoms with Crippen molar-refractivity contribution in [1.82, 2.24) is 5.32 Å². The van der Waals surface area contributed by atoms with E-state index in [0.717, 1.165) is 22.4 Å². The molecule has 3 aromatic carbocycles. The first kappa shape index (κ1) is 25.7. The molecule has 7 heteroatoms. The Morgan fingerprint density at radius 3 is 2.51 bits per heavy atom. The summed E-state index contributed by atoms with van der Waals surface area (Å²) < 4.78 is 16.8. The fourth-order valence-electron chi connectivity index (χ4n) is 3.37. The van der Waals surface area contributed by atoms with Gasteiger partial charge in [0.2, 0.25) is 0 Å². The maximum absolute atomic E-state index is 12.6. The number of aryl methyl sites for hydroxylation is 1. The molecule has 0 bridgehead atoms. The number of ether oxygens (including phenoxy) is 3. The Morgan fingerprint density at radius 1 is 1.09 bits per heavy atom. The molecule has 0 spiro atoms. The van der Waals surface area contributed by atoms with Gasteiger partial charge in [-0.25, -0.2) is 0 Å². The molecular weight excluding hydrogens is 464 g/mol. The van der Waals surface area contributed by atoms with Crippen LogP contribution in [0, 0.1) is 18.3 Å². The van der Waals surface area contributed by atoms with E-state index >= 15 is 0 Å². The van der Waals surface area contributed by atoms with E-state index < -0.39 is 5.91 Å². The number of carbonyl (C=O) groups excluding carboxylic acids is 1. The van der Waals surface area contributed by atoms with Gasteiger partial charge in [-0.05, 0) is 60.9 Å². The molecule has 3 rings (SSSR count). The number of rotatable bonds is 10. The minimum absolute atomic E-state index is 0.0505. The number of nitrogens with zero attached hydrogens (tertiary/aromatic N) is 1. The molecule has 0 aromatic heterocycles. The lowest BCUT2D eigenvalue weighted by Gasteiger charge is -2.15. The van der Waals surface area contributed by atoms with Crippen molar-refractivity contribution in [3.63, 3.8) is 0 Å². The second-order valence-electron chi connectivity index (χ2n) is 7.74. The van der Waals surface area contributed by atoms with Crippen molar-refractivity contribution in [3.8, 4) is 23.3 Å². The Balaban J connectivity index is 1.76. The Bertz CT molecular complexity index is 1250. The van der Waals surface area contributed by atoms with Crippen molar-refractivity contribution in [1.29, 1.82) is 5.26 Å². The number of halogens is 1. The molecule has 180 valence electrons. The lowest BCUT2D eigenvalue weighted by molar-refractivity contribution is -0.117. The summed E-state index contributed by atoms with van der Waals surface area (Å²) in [5, 5.41) is 12.6. The molecule has 0 aliphatic rings. The molecule has 0 fully saturated rings. The van der Waals surface area contributed by atoms with Gasteiger partial charge in [0.1, 0.15) is 24.0 Å². The maximum Gasteiger partial charge on any atom is 0.262 e. The van der Waals surface area contributed by atoms with Gasteiger partial charge in [-0.3, -0.25) is 4.79 Å². The summed E-state index contributed by atoms with van der Waals surface area (Å²) in [5.74, 6) is 1.09. The monoisotopic (exact) mass is 490 g/mol. The molecule has 0 aliphatic carbocycles. The fourth-order valence-corrected chi connectivity index (χ4v) is 3.64. The second-order valence-corrected chi connectivity index (χ2v) is 8.15.